The quantitative estimate of drug-likeness (QED) is 0.0137. The number of fused-ring (bicyclic) bond motifs is 18. The molecule has 0 aliphatic heterocycles. The molecule has 0 spiro atoms. The fourth-order valence-corrected chi connectivity index (χ4v) is 26.7. The van der Waals surface area contributed by atoms with Crippen molar-refractivity contribution < 1.29 is 137 Å². The molecule has 840 valence electrons. The van der Waals surface area contributed by atoms with E-state index in [2.05, 4.69) is 81.3 Å². The largest absolute Gasteiger partial charge is 0.748 e. The zero-order valence-corrected chi connectivity index (χ0v) is 95.2. The number of hydrogen-bond acceptors (Lipinski definition) is 25. The van der Waals surface area contributed by atoms with E-state index in [1.165, 1.54) is 276 Å². The lowest BCUT2D eigenvalue weighted by Gasteiger charge is -2.39. The van der Waals surface area contributed by atoms with E-state index >= 15 is 0 Å². The smallest absolute Gasteiger partial charge is 0.339 e. The highest BCUT2D eigenvalue weighted by molar-refractivity contribution is 7.86. The lowest BCUT2D eigenvalue weighted by atomic mass is 9.67. The number of aromatic carboxylic acids is 1. The number of quaternary nitrogens is 4. The van der Waals surface area contributed by atoms with Gasteiger partial charge in [0, 0.05) is 39.9 Å². The average molecular weight is 2140 g/mol. The molecule has 0 saturated heterocycles. The monoisotopic (exact) mass is 2140 g/mol. The number of nitrogens with zero attached hydrogens (tertiary/aromatic N) is 4. The normalized spacial score (nSPS) is 22.5. The Morgan fingerprint density at radius 3 is 0.952 bits per heavy atom. The molecular weight excluding hydrogens is 1950 g/mol. The van der Waals surface area contributed by atoms with Crippen molar-refractivity contribution in [2.24, 2.45) is 82.9 Å². The van der Waals surface area contributed by atoms with Crippen LogP contribution < -0.4 is 0 Å². The van der Waals surface area contributed by atoms with Gasteiger partial charge in [-0.15, -0.1) is 0 Å². The van der Waals surface area contributed by atoms with Gasteiger partial charge in [0.25, 0.3) is 0 Å². The van der Waals surface area contributed by atoms with Gasteiger partial charge in [-0.05, 0) is 255 Å². The van der Waals surface area contributed by atoms with Gasteiger partial charge in [0.1, 0.15) is 45.3 Å². The van der Waals surface area contributed by atoms with Crippen LogP contribution in [-0.2, 0) is 92.8 Å². The first-order valence-electron chi connectivity index (χ1n) is 55.6. The van der Waals surface area contributed by atoms with E-state index in [9.17, 15) is 75.9 Å². The maximum Gasteiger partial charge on any atom is 0.339 e. The maximum absolute atomic E-state index is 12.4. The predicted octanol–water partition coefficient (Wildman–Crippen LogP) is 18.4. The highest BCUT2D eigenvalue weighted by Gasteiger charge is 2.65. The molecule has 14 atom stereocenters. The molecule has 8 bridgehead atoms. The number of unbranched alkanes of at least 4 members (excludes halogenated alkanes) is 9. The molecule has 9 saturated carbocycles. The second kappa shape index (κ2) is 68.5. The molecule has 0 heterocycles. The Bertz CT molecular complexity index is 4380. The first-order chi connectivity index (χ1) is 69.5. The molecule has 0 amide bonds. The predicted molar refractivity (Wildman–Crippen MR) is 569 cm³/mol. The van der Waals surface area contributed by atoms with Crippen LogP contribution in [0.1, 0.15) is 311 Å². The van der Waals surface area contributed by atoms with Gasteiger partial charge in [-0.25, -0.2) is 43.3 Å². The Hall–Kier alpha value is -5.67. The summed E-state index contributed by atoms with van der Waals surface area (Å²) < 4.78 is 172. The van der Waals surface area contributed by atoms with Crippen LogP contribution >= 0.6 is 0 Å². The highest BCUT2D eigenvalue weighted by atomic mass is 32.2. The summed E-state index contributed by atoms with van der Waals surface area (Å²) >= 11 is 0. The minimum absolute atomic E-state index is 0.0226. The van der Waals surface area contributed by atoms with Gasteiger partial charge in [-0.1, -0.05) is 186 Å². The van der Waals surface area contributed by atoms with Crippen LogP contribution in [0.5, 0.6) is 0 Å². The third-order valence-corrected chi connectivity index (χ3v) is 35.5. The third-order valence-electron chi connectivity index (χ3n) is 32.5. The van der Waals surface area contributed by atoms with Crippen LogP contribution in [0.15, 0.2) is 84.9 Å². The molecule has 14 unspecified atom stereocenters. The molecule has 146 heavy (non-hydrogen) atoms. The van der Waals surface area contributed by atoms with E-state index in [0.29, 0.717) is 24.2 Å². The average Bonchev–Trinajstić information content (AvgIpc) is 1.55. The van der Waals surface area contributed by atoms with Crippen molar-refractivity contribution in [1.82, 2.24) is 0 Å². The summed E-state index contributed by atoms with van der Waals surface area (Å²) in [5, 5.41) is 8.82. The van der Waals surface area contributed by atoms with Gasteiger partial charge in [0.2, 0.25) is 0 Å². The summed E-state index contributed by atoms with van der Waals surface area (Å²) in [4.78, 5) is 59.3. The lowest BCUT2D eigenvalue weighted by Crippen LogP contribution is -2.55. The summed E-state index contributed by atoms with van der Waals surface area (Å²) in [5.74, 6) is 3.26. The van der Waals surface area contributed by atoms with Crippen molar-refractivity contribution in [3.05, 3.63) is 107 Å². The zero-order valence-electron chi connectivity index (χ0n) is 91.9. The first kappa shape index (κ1) is 131. The third kappa shape index (κ3) is 46.7. The van der Waals surface area contributed by atoms with Crippen molar-refractivity contribution in [3.63, 3.8) is 0 Å². The molecule has 0 radical (unpaired) electrons. The standard InChI is InChI=1S/C17H26O5S.2C16H36N.C16H24O5S.C16H16O5S.C12H28NO4.C10H10O7S.C9H20N/c18-17(22-5-1-2-6-23(19,20)21)14-9-12-8-13(14)16-11-4-3-10(7-11)15(12)16;2*1-5-9-13-17(14-10-6-2,15-11-7-3)16-12-8-4;17-16(21-4-1-5-22(18,19)20)13-8-11-7-12(13)15-10-3-2-9(6-10)14(11)15;17-16(21-11-12-22(18,19)20)15(13-7-3-1-4-8-13)14-9-5-2-6-10-14;1-14-9-5-13(6-10-15-2,7-11-16-3)8-12-17-4;11-9(12)7-3-1-2-4-8(7)10(13)17-5-6-18(14,15)16;1-10(2,3)9-7-5-4-6-8-9/h10-16H,1-9H2,(H,19,20,21);2*5-16H2,1-4H3;9-15H,1-8H2,(H,18,19,20);1-10,15H,11-12H2,(H,18,19,20);5-12H2,1-4H3;1-4H,5-6H2,(H,11,12)(H,14,15,16);9H,4-8H2,1-3H3/q;2*+1;;;+1;;+1/p-4. The summed E-state index contributed by atoms with van der Waals surface area (Å²) in [7, 11) is -3.35. The molecule has 0 aromatic heterocycles. The van der Waals surface area contributed by atoms with Crippen LogP contribution in [0, 0.1) is 82.9 Å². The SMILES string of the molecule is CCCC[N+](CCCC)(CCCC)CCCC.CCCC[N+](CCCC)(CCCC)CCCC.COCC[N+](CCOC)(CCOC)CCOC.C[N+](C)(C)C1CCCCC1.O=C(O)c1ccccc1C(=O)OCCS(=O)(=O)[O-].O=C(OCCCCS(=O)(=O)[O-])C1CC2CC1C1C3CCC(C3)C21.O=C(OCCCS(=O)(=O)[O-])C1CC2CC1C1C3CCC(C3)C21.O=C(OCCS(=O)(=O)[O-])C(c1ccccc1)c1ccccc1. The Morgan fingerprint density at radius 1 is 0.329 bits per heavy atom. The van der Waals surface area contributed by atoms with E-state index < -0.39 is 94.8 Å². The molecule has 3 aromatic rings. The van der Waals surface area contributed by atoms with Gasteiger partial charge in [-0.2, -0.15) is 0 Å². The molecule has 9 aliphatic rings. The van der Waals surface area contributed by atoms with Crippen LogP contribution in [0.2, 0.25) is 0 Å². The van der Waals surface area contributed by atoms with Crippen LogP contribution in [0.4, 0.5) is 0 Å². The number of carboxylic acid groups (broad SMARTS) is 1. The van der Waals surface area contributed by atoms with Crippen molar-refractivity contribution in [3.8, 4) is 0 Å². The fourth-order valence-electron chi connectivity index (χ4n) is 25.0. The van der Waals surface area contributed by atoms with Crippen molar-refractivity contribution in [2.45, 2.75) is 286 Å². The Kier molecular flexibility index (Phi) is 61.3. The van der Waals surface area contributed by atoms with Crippen LogP contribution in [0.3, 0.4) is 0 Å². The first-order valence-corrected chi connectivity index (χ1v) is 62.0. The number of rotatable bonds is 59. The Labute approximate surface area is 881 Å². The summed E-state index contributed by atoms with van der Waals surface area (Å²) in [6, 6.07) is 24.3. The van der Waals surface area contributed by atoms with Crippen molar-refractivity contribution in [1.29, 1.82) is 0 Å². The van der Waals surface area contributed by atoms with E-state index in [1.807, 2.05) is 12.1 Å². The summed E-state index contributed by atoms with van der Waals surface area (Å²) in [6.45, 7) is 36.1. The van der Waals surface area contributed by atoms with Gasteiger partial charge in [-0.3, -0.25) is 14.4 Å². The van der Waals surface area contributed by atoms with Crippen LogP contribution in [-0.4, -0.2) is 315 Å². The molecule has 34 heteroatoms. The van der Waals surface area contributed by atoms with Gasteiger partial charge < -0.3 is 79.1 Å². The number of methoxy groups -OCH3 is 4. The number of carboxylic acids is 1. The topological polar surface area (TPSA) is 408 Å². The van der Waals surface area contributed by atoms with Gasteiger partial charge >= 0.3 is 29.8 Å². The molecule has 3 aromatic carbocycles. The summed E-state index contributed by atoms with van der Waals surface area (Å²) in [5.41, 5.74) is 1.02. The van der Waals surface area contributed by atoms with E-state index in [4.69, 9.17) is 38.3 Å². The maximum atomic E-state index is 12.4. The second-order valence-electron chi connectivity index (χ2n) is 43.7. The summed E-state index contributed by atoms with van der Waals surface area (Å²) in [6.07, 6.45) is 42.9. The number of ether oxygens (including phenoxy) is 8. The number of esters is 4. The van der Waals surface area contributed by atoms with E-state index in [1.54, 1.807) is 77.0 Å². The van der Waals surface area contributed by atoms with Crippen LogP contribution in [0.25, 0.3) is 0 Å². The molecular formula is C112H192N4O26S4. The van der Waals surface area contributed by atoms with Crippen molar-refractivity contribution >= 4 is 70.3 Å². The highest BCUT2D eigenvalue weighted by Crippen LogP contribution is 2.70. The van der Waals surface area contributed by atoms with Gasteiger partial charge in [0.05, 0.1) is 194 Å². The molecule has 30 nitrogen and oxygen atoms in total. The zero-order chi connectivity index (χ0) is 108. The van der Waals surface area contributed by atoms with Crippen molar-refractivity contribution in [2.75, 3.05) is 204 Å². The Balaban J connectivity index is 0.000000296. The minimum atomic E-state index is -4.47. The van der Waals surface area contributed by atoms with E-state index in [-0.39, 0.29) is 66.7 Å². The number of hydrogen-bond donors (Lipinski definition) is 1. The van der Waals surface area contributed by atoms with Gasteiger partial charge in [0.15, 0.2) is 0 Å². The lowest BCUT2D eigenvalue weighted by molar-refractivity contribution is -0.929. The Morgan fingerprint density at radius 2 is 0.637 bits per heavy atom. The number of carbonyl (C=O) groups excluding carboxylic acids is 4. The molecule has 9 aliphatic carbocycles. The number of benzene rings is 3. The molecule has 12 rings (SSSR count). The second-order valence-corrected chi connectivity index (χ2v) is 49.8. The minimum Gasteiger partial charge on any atom is -0.748 e. The van der Waals surface area contributed by atoms with E-state index in [0.717, 1.165) is 140 Å². The molecule has 9 fully saturated rings. The fraction of sp³-hybridized carbons (Fsp3) is 0.795. The number of carbonyl (C=O) groups is 5. The molecule has 1 N–H and O–H groups in total.